The fraction of sp³-hybridized carbons (Fsp3) is 0.148. The van der Waals surface area contributed by atoms with Crippen molar-refractivity contribution in [3.8, 4) is 21.7 Å². The van der Waals surface area contributed by atoms with Crippen LogP contribution in [0.2, 0.25) is 0 Å². The lowest BCUT2D eigenvalue weighted by molar-refractivity contribution is -0.128. The molecule has 1 N–H and O–H groups in total. The Bertz CT molecular complexity index is 1230. The molecule has 0 bridgehead atoms. The van der Waals surface area contributed by atoms with E-state index in [0.717, 1.165) is 40.2 Å². The summed E-state index contributed by atoms with van der Waals surface area (Å²) in [7, 11) is 0. The van der Waals surface area contributed by atoms with Gasteiger partial charge in [-0.05, 0) is 29.7 Å². The van der Waals surface area contributed by atoms with Crippen LogP contribution < -0.4 is 5.32 Å². The predicted octanol–water partition coefficient (Wildman–Crippen LogP) is 5.85. The minimum absolute atomic E-state index is 0.175. The molecule has 0 spiro atoms. The summed E-state index contributed by atoms with van der Waals surface area (Å²) in [5, 5.41) is 3.53. The normalized spacial score (nSPS) is 13.3. The molecule has 6 heteroatoms. The van der Waals surface area contributed by atoms with Gasteiger partial charge in [0.1, 0.15) is 0 Å². The molecule has 1 aliphatic heterocycles. The summed E-state index contributed by atoms with van der Waals surface area (Å²) >= 11 is 1.47. The van der Waals surface area contributed by atoms with Crippen LogP contribution in [0.15, 0.2) is 84.9 Å². The third kappa shape index (κ3) is 4.71. The number of rotatable bonds is 6. The second kappa shape index (κ2) is 9.38. The topological polar surface area (TPSA) is 62.3 Å². The Labute approximate surface area is 196 Å². The third-order valence-electron chi connectivity index (χ3n) is 5.66. The van der Waals surface area contributed by atoms with Crippen molar-refractivity contribution in [2.45, 2.75) is 19.4 Å². The zero-order valence-electron chi connectivity index (χ0n) is 18.0. The van der Waals surface area contributed by atoms with Gasteiger partial charge in [-0.3, -0.25) is 14.9 Å². The summed E-state index contributed by atoms with van der Waals surface area (Å²) in [6, 6.07) is 27.5. The third-order valence-corrected chi connectivity index (χ3v) is 6.68. The van der Waals surface area contributed by atoms with Crippen LogP contribution >= 0.6 is 11.3 Å². The van der Waals surface area contributed by atoms with Crippen LogP contribution in [0.25, 0.3) is 21.7 Å². The summed E-state index contributed by atoms with van der Waals surface area (Å²) in [6.45, 7) is 1.31. The van der Waals surface area contributed by atoms with Crippen molar-refractivity contribution in [1.82, 2.24) is 9.88 Å². The van der Waals surface area contributed by atoms with Gasteiger partial charge >= 0.3 is 0 Å². The van der Waals surface area contributed by atoms with E-state index in [0.29, 0.717) is 23.7 Å². The van der Waals surface area contributed by atoms with Gasteiger partial charge in [-0.25, -0.2) is 4.98 Å². The summed E-state index contributed by atoms with van der Waals surface area (Å²) in [5.74, 6) is -0.0351. The molecule has 0 aliphatic carbocycles. The largest absolute Gasteiger partial charge is 0.338 e. The number of amides is 2. The Morgan fingerprint density at radius 3 is 2.36 bits per heavy atom. The van der Waals surface area contributed by atoms with E-state index in [1.807, 2.05) is 71.6 Å². The molecule has 164 valence electrons. The van der Waals surface area contributed by atoms with Gasteiger partial charge in [0, 0.05) is 30.6 Å². The molecule has 0 unspecified atom stereocenters. The standard InChI is InChI=1S/C27H23N3O2S/c31-23-15-8-16-30(23)18-19-9-7-14-22(17-19)26(32)29-27-28-24(20-10-3-1-4-11-20)25(33-27)21-12-5-2-6-13-21/h1-7,9-14,17H,8,15-16,18H2,(H,28,29,32). The lowest BCUT2D eigenvalue weighted by Gasteiger charge is -2.15. The van der Waals surface area contributed by atoms with Crippen molar-refractivity contribution in [2.75, 3.05) is 11.9 Å². The number of carbonyl (C=O) groups excluding carboxylic acids is 2. The highest BCUT2D eigenvalue weighted by Crippen LogP contribution is 2.39. The molecule has 0 saturated carbocycles. The maximum Gasteiger partial charge on any atom is 0.257 e. The van der Waals surface area contributed by atoms with Crippen molar-refractivity contribution in [3.05, 3.63) is 96.1 Å². The SMILES string of the molecule is O=C(Nc1nc(-c2ccccc2)c(-c2ccccc2)s1)c1cccc(CN2CCCC2=O)c1. The molecule has 5 nitrogen and oxygen atoms in total. The molecular weight excluding hydrogens is 430 g/mol. The molecule has 5 rings (SSSR count). The summed E-state index contributed by atoms with van der Waals surface area (Å²) in [6.07, 6.45) is 1.51. The fourth-order valence-electron chi connectivity index (χ4n) is 4.02. The number of aromatic nitrogens is 1. The van der Waals surface area contributed by atoms with Gasteiger partial charge in [-0.15, -0.1) is 0 Å². The molecule has 0 radical (unpaired) electrons. The van der Waals surface area contributed by atoms with Gasteiger partial charge < -0.3 is 4.90 Å². The smallest absolute Gasteiger partial charge is 0.257 e. The van der Waals surface area contributed by atoms with Gasteiger partial charge in [0.05, 0.1) is 10.6 Å². The Kier molecular flexibility index (Phi) is 6.00. The number of carbonyl (C=O) groups is 2. The summed E-state index contributed by atoms with van der Waals surface area (Å²) in [4.78, 5) is 32.6. The minimum Gasteiger partial charge on any atom is -0.338 e. The highest BCUT2D eigenvalue weighted by Gasteiger charge is 2.21. The maximum atomic E-state index is 13.0. The number of likely N-dealkylation sites (tertiary alicyclic amines) is 1. The van der Waals surface area contributed by atoms with Gasteiger partial charge in [-0.2, -0.15) is 0 Å². The number of hydrogen-bond acceptors (Lipinski definition) is 4. The van der Waals surface area contributed by atoms with Crippen LogP contribution in [0.5, 0.6) is 0 Å². The molecule has 1 aliphatic rings. The van der Waals surface area contributed by atoms with Crippen LogP contribution in [0.4, 0.5) is 5.13 Å². The van der Waals surface area contributed by atoms with E-state index in [9.17, 15) is 9.59 Å². The van der Waals surface area contributed by atoms with Gasteiger partial charge in [0.15, 0.2) is 5.13 Å². The van der Waals surface area contributed by atoms with Crippen molar-refractivity contribution in [1.29, 1.82) is 0 Å². The zero-order valence-corrected chi connectivity index (χ0v) is 18.8. The monoisotopic (exact) mass is 453 g/mol. The van der Waals surface area contributed by atoms with Crippen molar-refractivity contribution >= 4 is 28.3 Å². The zero-order chi connectivity index (χ0) is 22.6. The average Bonchev–Trinajstić information content (AvgIpc) is 3.46. The van der Waals surface area contributed by atoms with Crippen LogP contribution in [0.1, 0.15) is 28.8 Å². The molecule has 1 aromatic heterocycles. The molecule has 2 amide bonds. The highest BCUT2D eigenvalue weighted by atomic mass is 32.1. The molecule has 2 heterocycles. The Balaban J connectivity index is 1.40. The first-order chi connectivity index (χ1) is 16.2. The molecule has 0 atom stereocenters. The second-order valence-corrected chi connectivity index (χ2v) is 9.00. The summed E-state index contributed by atoms with van der Waals surface area (Å²) < 4.78 is 0. The van der Waals surface area contributed by atoms with Crippen LogP contribution in [-0.4, -0.2) is 28.2 Å². The molecular formula is C27H23N3O2S. The lowest BCUT2D eigenvalue weighted by atomic mass is 10.1. The van der Waals surface area contributed by atoms with Gasteiger partial charge in [0.2, 0.25) is 5.91 Å². The summed E-state index contributed by atoms with van der Waals surface area (Å²) in [5.41, 5.74) is 4.42. The Morgan fingerprint density at radius 2 is 1.67 bits per heavy atom. The number of nitrogens with one attached hydrogen (secondary N) is 1. The fourth-order valence-corrected chi connectivity index (χ4v) is 5.01. The lowest BCUT2D eigenvalue weighted by Crippen LogP contribution is -2.24. The molecule has 1 fully saturated rings. The Morgan fingerprint density at radius 1 is 0.939 bits per heavy atom. The van der Waals surface area contributed by atoms with E-state index < -0.39 is 0 Å². The first-order valence-electron chi connectivity index (χ1n) is 11.0. The van der Waals surface area contributed by atoms with Crippen molar-refractivity contribution < 1.29 is 9.59 Å². The molecule has 33 heavy (non-hydrogen) atoms. The Hall–Kier alpha value is -3.77. The number of hydrogen-bond donors (Lipinski definition) is 1. The average molecular weight is 454 g/mol. The number of anilines is 1. The van der Waals surface area contributed by atoms with Crippen LogP contribution in [-0.2, 0) is 11.3 Å². The van der Waals surface area contributed by atoms with Crippen molar-refractivity contribution in [3.63, 3.8) is 0 Å². The molecule has 1 saturated heterocycles. The first kappa shape index (κ1) is 21.1. The number of nitrogens with zero attached hydrogens (tertiary/aromatic N) is 2. The van der Waals surface area contributed by atoms with E-state index >= 15 is 0 Å². The number of benzene rings is 3. The van der Waals surface area contributed by atoms with E-state index in [-0.39, 0.29) is 11.8 Å². The quantitative estimate of drug-likeness (QED) is 0.398. The van der Waals surface area contributed by atoms with Crippen LogP contribution in [0, 0.1) is 0 Å². The van der Waals surface area contributed by atoms with E-state index in [2.05, 4.69) is 17.4 Å². The predicted molar refractivity (Wildman–Crippen MR) is 132 cm³/mol. The maximum absolute atomic E-state index is 13.0. The second-order valence-electron chi connectivity index (χ2n) is 8.00. The number of thiazole rings is 1. The van der Waals surface area contributed by atoms with Gasteiger partial charge in [0.25, 0.3) is 5.91 Å². The van der Waals surface area contributed by atoms with E-state index in [1.165, 1.54) is 11.3 Å². The first-order valence-corrected chi connectivity index (χ1v) is 11.8. The minimum atomic E-state index is -0.211. The van der Waals surface area contributed by atoms with Gasteiger partial charge in [-0.1, -0.05) is 84.1 Å². The molecule has 4 aromatic rings. The van der Waals surface area contributed by atoms with Crippen LogP contribution in [0.3, 0.4) is 0 Å². The van der Waals surface area contributed by atoms with E-state index in [1.54, 1.807) is 6.07 Å². The van der Waals surface area contributed by atoms with E-state index in [4.69, 9.17) is 4.98 Å². The highest BCUT2D eigenvalue weighted by molar-refractivity contribution is 7.19. The van der Waals surface area contributed by atoms with Crippen molar-refractivity contribution in [2.24, 2.45) is 0 Å². The molecule has 3 aromatic carbocycles.